The van der Waals surface area contributed by atoms with Gasteiger partial charge in [-0.25, -0.2) is 9.18 Å². The highest BCUT2D eigenvalue weighted by atomic mass is 19.1. The van der Waals surface area contributed by atoms with Gasteiger partial charge in [0.25, 0.3) is 0 Å². The number of pyridine rings is 1. The number of aromatic nitrogens is 3. The van der Waals surface area contributed by atoms with Crippen LogP contribution in [0.15, 0.2) is 41.3 Å². The third-order valence-electron chi connectivity index (χ3n) is 9.54. The van der Waals surface area contributed by atoms with Crippen LogP contribution in [0.5, 0.6) is 0 Å². The molecule has 0 bridgehead atoms. The van der Waals surface area contributed by atoms with Crippen LogP contribution in [0.25, 0.3) is 11.0 Å². The molecule has 0 atom stereocenters. The number of carbonyl (C=O) groups is 1. The summed E-state index contributed by atoms with van der Waals surface area (Å²) in [5, 5.41) is 0. The number of carbonyl (C=O) groups excluding carboxylic acids is 1. The monoisotopic (exact) mass is 547 g/mol. The zero-order chi connectivity index (χ0) is 27.6. The van der Waals surface area contributed by atoms with E-state index in [0.717, 1.165) is 69.4 Å². The van der Waals surface area contributed by atoms with Gasteiger partial charge in [-0.05, 0) is 100 Å². The van der Waals surface area contributed by atoms with E-state index < -0.39 is 0 Å². The molecular weight excluding hydrogens is 505 g/mol. The summed E-state index contributed by atoms with van der Waals surface area (Å²) in [6, 6.07) is 8.99. The highest BCUT2D eigenvalue weighted by molar-refractivity contribution is 5.79. The first-order chi connectivity index (χ1) is 19.5. The molecule has 2 saturated heterocycles. The highest BCUT2D eigenvalue weighted by Crippen LogP contribution is 2.31. The van der Waals surface area contributed by atoms with Crippen LogP contribution in [0.1, 0.15) is 75.1 Å². The molecule has 214 valence electrons. The van der Waals surface area contributed by atoms with Gasteiger partial charge < -0.3 is 4.90 Å². The van der Waals surface area contributed by atoms with Gasteiger partial charge in [-0.3, -0.25) is 23.8 Å². The Bertz CT molecular complexity index is 1390. The molecule has 0 spiro atoms. The molecule has 4 heterocycles. The molecular formula is C32H42FN5O2. The molecule has 0 N–H and O–H groups in total. The molecule has 6 rings (SSSR count). The van der Waals surface area contributed by atoms with Gasteiger partial charge in [0.1, 0.15) is 5.82 Å². The number of halogens is 1. The van der Waals surface area contributed by atoms with E-state index in [9.17, 15) is 14.0 Å². The number of piperidine rings is 2. The second kappa shape index (κ2) is 11.9. The minimum Gasteiger partial charge on any atom is -0.342 e. The van der Waals surface area contributed by atoms with Crippen molar-refractivity contribution in [2.75, 3.05) is 26.2 Å². The molecule has 3 fully saturated rings. The van der Waals surface area contributed by atoms with Crippen LogP contribution in [0, 0.1) is 24.6 Å². The fraction of sp³-hybridized carbons (Fsp3) is 0.594. The van der Waals surface area contributed by atoms with Crippen LogP contribution in [0.3, 0.4) is 0 Å². The lowest BCUT2D eigenvalue weighted by atomic mass is 9.89. The summed E-state index contributed by atoms with van der Waals surface area (Å²) in [4.78, 5) is 35.9. The van der Waals surface area contributed by atoms with E-state index in [4.69, 9.17) is 0 Å². The van der Waals surface area contributed by atoms with Gasteiger partial charge >= 0.3 is 5.69 Å². The number of hydrogen-bond donors (Lipinski definition) is 0. The molecule has 3 aliphatic rings. The predicted octanol–water partition coefficient (Wildman–Crippen LogP) is 5.30. The van der Waals surface area contributed by atoms with Crippen LogP contribution in [0.2, 0.25) is 0 Å². The number of benzene rings is 1. The predicted molar refractivity (Wildman–Crippen MR) is 155 cm³/mol. The van der Waals surface area contributed by atoms with Crippen molar-refractivity contribution in [3.63, 3.8) is 0 Å². The molecule has 3 aromatic rings. The average molecular weight is 548 g/mol. The maximum absolute atomic E-state index is 14.3. The lowest BCUT2D eigenvalue weighted by Crippen LogP contribution is -2.46. The summed E-state index contributed by atoms with van der Waals surface area (Å²) < 4.78 is 18.0. The van der Waals surface area contributed by atoms with Crippen molar-refractivity contribution in [3.8, 4) is 0 Å². The summed E-state index contributed by atoms with van der Waals surface area (Å²) in [7, 11) is 0. The van der Waals surface area contributed by atoms with Gasteiger partial charge in [0.2, 0.25) is 5.91 Å². The molecule has 40 heavy (non-hydrogen) atoms. The minimum atomic E-state index is -0.301. The smallest absolute Gasteiger partial charge is 0.329 e. The topological polar surface area (TPSA) is 63.4 Å². The Morgan fingerprint density at radius 2 is 1.68 bits per heavy atom. The highest BCUT2D eigenvalue weighted by Gasteiger charge is 2.33. The molecule has 8 heteroatoms. The van der Waals surface area contributed by atoms with E-state index in [2.05, 4.69) is 22.0 Å². The maximum atomic E-state index is 14.3. The van der Waals surface area contributed by atoms with Gasteiger partial charge in [0, 0.05) is 50.0 Å². The second-order valence-electron chi connectivity index (χ2n) is 12.3. The Morgan fingerprint density at radius 1 is 0.925 bits per heavy atom. The first-order valence-electron chi connectivity index (χ1n) is 15.3. The van der Waals surface area contributed by atoms with Crippen LogP contribution in [-0.2, 0) is 17.9 Å². The first kappa shape index (κ1) is 27.2. The number of hydrogen-bond acceptors (Lipinski definition) is 4. The number of fused-ring (bicyclic) bond motifs is 1. The standard InChI is InChI=1S/C32H42FN5O2/c1-23-19-25(9-14-34-23)21-35-15-10-26(11-16-35)31(39)36-17-12-28(13-18-36)38-29-8-7-27(33)20-30(29)37(32(38)40)22-24-5-3-2-4-6-24/h7-9,14,19-20,24,26,28H,2-6,10-13,15-18,21-22H2,1H3. The summed E-state index contributed by atoms with van der Waals surface area (Å²) >= 11 is 0. The molecule has 0 unspecified atom stereocenters. The van der Waals surface area contributed by atoms with Crippen molar-refractivity contribution in [1.29, 1.82) is 0 Å². The summed E-state index contributed by atoms with van der Waals surface area (Å²) in [5.74, 6) is 0.528. The number of likely N-dealkylation sites (tertiary alicyclic amines) is 2. The Morgan fingerprint density at radius 3 is 2.40 bits per heavy atom. The molecule has 1 saturated carbocycles. The number of nitrogens with zero attached hydrogens (tertiary/aromatic N) is 5. The fourth-order valence-electron chi connectivity index (χ4n) is 7.31. The number of aryl methyl sites for hydroxylation is 1. The number of amides is 1. The van der Waals surface area contributed by atoms with Gasteiger partial charge in [-0.1, -0.05) is 19.3 Å². The minimum absolute atomic E-state index is 0.0206. The number of imidazole rings is 1. The normalized spacial score (nSPS) is 20.4. The Kier molecular flexibility index (Phi) is 8.05. The third-order valence-corrected chi connectivity index (χ3v) is 9.54. The van der Waals surface area contributed by atoms with Crippen molar-refractivity contribution in [2.24, 2.45) is 11.8 Å². The zero-order valence-electron chi connectivity index (χ0n) is 23.7. The van der Waals surface area contributed by atoms with Crippen LogP contribution >= 0.6 is 0 Å². The SMILES string of the molecule is Cc1cc(CN2CCC(C(=O)N3CCC(n4c(=O)n(CC5CCCCC5)c5cc(F)ccc54)CC3)CC2)ccn1. The summed E-state index contributed by atoms with van der Waals surface area (Å²) in [5.41, 5.74) is 3.82. The Labute approximate surface area is 236 Å². The first-order valence-corrected chi connectivity index (χ1v) is 15.3. The quantitative estimate of drug-likeness (QED) is 0.420. The summed E-state index contributed by atoms with van der Waals surface area (Å²) in [6.45, 7) is 6.79. The van der Waals surface area contributed by atoms with Gasteiger partial charge in [-0.2, -0.15) is 0 Å². The average Bonchev–Trinajstić information content (AvgIpc) is 3.24. The second-order valence-corrected chi connectivity index (χ2v) is 12.3. The van der Waals surface area contributed by atoms with E-state index in [0.29, 0.717) is 31.1 Å². The van der Waals surface area contributed by atoms with Crippen molar-refractivity contribution in [2.45, 2.75) is 83.8 Å². The van der Waals surface area contributed by atoms with Crippen LogP contribution in [-0.4, -0.2) is 56.0 Å². The third kappa shape index (κ3) is 5.73. The molecule has 7 nitrogen and oxygen atoms in total. The summed E-state index contributed by atoms with van der Waals surface area (Å²) in [6.07, 6.45) is 11.1. The van der Waals surface area contributed by atoms with Crippen LogP contribution in [0.4, 0.5) is 4.39 Å². The zero-order valence-corrected chi connectivity index (χ0v) is 23.7. The molecule has 1 amide bonds. The van der Waals surface area contributed by atoms with Gasteiger partial charge in [0.15, 0.2) is 0 Å². The maximum Gasteiger partial charge on any atom is 0.329 e. The van der Waals surface area contributed by atoms with Crippen molar-refractivity contribution < 1.29 is 9.18 Å². The lowest BCUT2D eigenvalue weighted by Gasteiger charge is -2.37. The fourth-order valence-corrected chi connectivity index (χ4v) is 7.31. The van der Waals surface area contributed by atoms with Gasteiger partial charge in [-0.15, -0.1) is 0 Å². The lowest BCUT2D eigenvalue weighted by molar-refractivity contribution is -0.138. The van der Waals surface area contributed by atoms with Crippen molar-refractivity contribution in [1.82, 2.24) is 23.9 Å². The van der Waals surface area contributed by atoms with E-state index in [1.807, 2.05) is 27.2 Å². The largest absolute Gasteiger partial charge is 0.342 e. The van der Waals surface area contributed by atoms with Crippen LogP contribution < -0.4 is 5.69 Å². The van der Waals surface area contributed by atoms with Crippen molar-refractivity contribution in [3.05, 3.63) is 64.1 Å². The molecule has 2 aliphatic heterocycles. The number of rotatable bonds is 6. The van der Waals surface area contributed by atoms with E-state index in [1.165, 1.54) is 37.0 Å². The Hall–Kier alpha value is -3.00. The van der Waals surface area contributed by atoms with Crippen molar-refractivity contribution >= 4 is 16.9 Å². The molecule has 1 aromatic carbocycles. The van der Waals surface area contributed by atoms with E-state index in [-0.39, 0.29) is 29.4 Å². The molecule has 2 aromatic heterocycles. The van der Waals surface area contributed by atoms with E-state index in [1.54, 1.807) is 6.07 Å². The molecule has 0 radical (unpaired) electrons. The van der Waals surface area contributed by atoms with Gasteiger partial charge in [0.05, 0.1) is 11.0 Å². The Balaban J connectivity index is 1.09. The molecule has 1 aliphatic carbocycles. The van der Waals surface area contributed by atoms with E-state index >= 15 is 0 Å².